The molecule has 2 fully saturated rings. The number of likely N-dealkylation sites (tertiary alicyclic amines) is 2. The Hall–Kier alpha value is -3.78. The smallest absolute Gasteiger partial charge is 0.338 e. The summed E-state index contributed by atoms with van der Waals surface area (Å²) in [6.07, 6.45) is 1.81. The number of aliphatic imine (C=N–C) groups is 1. The molecule has 230 valence electrons. The molecule has 14 heteroatoms. The molecule has 4 heterocycles. The number of carboxylic acids is 1. The predicted octanol–water partition coefficient (Wildman–Crippen LogP) is 3.39. The summed E-state index contributed by atoms with van der Waals surface area (Å²) in [5, 5.41) is 14.8. The van der Waals surface area contributed by atoms with E-state index in [4.69, 9.17) is 9.73 Å². The molecule has 0 saturated carbocycles. The maximum Gasteiger partial charge on any atom is 0.338 e. The first-order valence-corrected chi connectivity index (χ1v) is 14.9. The van der Waals surface area contributed by atoms with Gasteiger partial charge in [-0.05, 0) is 37.5 Å². The molecule has 3 aliphatic rings. The van der Waals surface area contributed by atoms with Gasteiger partial charge in [0.05, 0.1) is 30.6 Å². The number of aliphatic carboxylic acids is 1. The number of hydrogen-bond acceptors (Lipinski definition) is 9. The minimum atomic E-state index is -3.25. The van der Waals surface area contributed by atoms with Crippen molar-refractivity contribution in [1.82, 2.24) is 20.1 Å². The van der Waals surface area contributed by atoms with Crippen LogP contribution in [-0.4, -0.2) is 88.3 Å². The van der Waals surface area contributed by atoms with Gasteiger partial charge in [-0.1, -0.05) is 19.1 Å². The molecule has 1 amide bonds. The molecule has 1 aromatic heterocycles. The summed E-state index contributed by atoms with van der Waals surface area (Å²) in [5.74, 6) is -8.15. The van der Waals surface area contributed by atoms with Gasteiger partial charge in [0, 0.05) is 36.9 Å². The molecule has 10 nitrogen and oxygen atoms in total. The van der Waals surface area contributed by atoms with Gasteiger partial charge >= 0.3 is 11.9 Å². The summed E-state index contributed by atoms with van der Waals surface area (Å²) in [4.78, 5) is 50.1. The minimum absolute atomic E-state index is 0.0156. The van der Waals surface area contributed by atoms with Crippen LogP contribution in [0.2, 0.25) is 0 Å². The molecule has 0 aliphatic carbocycles. The topological polar surface area (TPSA) is 124 Å². The van der Waals surface area contributed by atoms with Crippen molar-refractivity contribution < 1.29 is 37.4 Å². The van der Waals surface area contributed by atoms with Gasteiger partial charge in [0.25, 0.3) is 5.92 Å². The summed E-state index contributed by atoms with van der Waals surface area (Å²) in [7, 11) is 0. The van der Waals surface area contributed by atoms with E-state index in [0.29, 0.717) is 10.6 Å². The number of thiazole rings is 1. The lowest BCUT2D eigenvalue weighted by Crippen LogP contribution is -2.46. The highest BCUT2D eigenvalue weighted by atomic mass is 32.1. The normalized spacial score (nSPS) is 24.0. The number of nitrogens with zero attached hydrogens (tertiary/aromatic N) is 4. The van der Waals surface area contributed by atoms with E-state index in [9.17, 15) is 23.9 Å². The summed E-state index contributed by atoms with van der Waals surface area (Å²) < 4.78 is 50.9. The molecule has 5 rings (SSSR count). The van der Waals surface area contributed by atoms with E-state index < -0.39 is 60.0 Å². The molecule has 0 radical (unpaired) electrons. The van der Waals surface area contributed by atoms with Gasteiger partial charge in [-0.25, -0.2) is 22.9 Å². The summed E-state index contributed by atoms with van der Waals surface area (Å²) in [6, 6.07) is 2.16. The molecule has 0 spiro atoms. The monoisotopic (exact) mass is 619 g/mol. The lowest BCUT2D eigenvalue weighted by atomic mass is 9.92. The molecule has 4 atom stereocenters. The zero-order valence-electron chi connectivity index (χ0n) is 23.8. The molecule has 0 bridgehead atoms. The van der Waals surface area contributed by atoms with Gasteiger partial charge in [-0.2, -0.15) is 0 Å². The minimum Gasteiger partial charge on any atom is -0.481 e. The fourth-order valence-electron chi connectivity index (χ4n) is 5.98. The van der Waals surface area contributed by atoms with E-state index in [1.165, 1.54) is 33.3 Å². The van der Waals surface area contributed by atoms with E-state index in [0.717, 1.165) is 0 Å². The van der Waals surface area contributed by atoms with Crippen LogP contribution in [0.15, 0.2) is 46.0 Å². The third-order valence-electron chi connectivity index (χ3n) is 8.22. The molecule has 1 aromatic carbocycles. The van der Waals surface area contributed by atoms with Crippen molar-refractivity contribution >= 4 is 35.0 Å². The Kier molecular flexibility index (Phi) is 8.61. The Morgan fingerprint density at radius 3 is 2.72 bits per heavy atom. The Morgan fingerprint density at radius 2 is 2.07 bits per heavy atom. The van der Waals surface area contributed by atoms with Crippen LogP contribution in [0, 0.1) is 24.6 Å². The van der Waals surface area contributed by atoms with E-state index in [1.807, 2.05) is 0 Å². The van der Waals surface area contributed by atoms with Crippen LogP contribution >= 0.6 is 11.3 Å². The van der Waals surface area contributed by atoms with Crippen molar-refractivity contribution in [3.8, 4) is 0 Å². The second-order valence-corrected chi connectivity index (χ2v) is 11.7. The van der Waals surface area contributed by atoms with Crippen LogP contribution in [-0.2, 0) is 19.1 Å². The van der Waals surface area contributed by atoms with Gasteiger partial charge in [0.2, 0.25) is 5.91 Å². The van der Waals surface area contributed by atoms with Crippen LogP contribution in [0.3, 0.4) is 0 Å². The number of aromatic nitrogens is 1. The second-order valence-electron chi connectivity index (χ2n) is 10.8. The van der Waals surface area contributed by atoms with Crippen molar-refractivity contribution in [3.63, 3.8) is 0 Å². The predicted molar refractivity (Wildman–Crippen MR) is 151 cm³/mol. The van der Waals surface area contributed by atoms with Gasteiger partial charge in [-0.15, -0.1) is 11.3 Å². The van der Waals surface area contributed by atoms with E-state index in [1.54, 1.807) is 38.4 Å². The van der Waals surface area contributed by atoms with Gasteiger partial charge in [-0.3, -0.25) is 19.5 Å². The molecular weight excluding hydrogens is 587 g/mol. The van der Waals surface area contributed by atoms with Crippen molar-refractivity contribution in [2.45, 2.75) is 45.2 Å². The third kappa shape index (κ3) is 5.77. The Bertz CT molecular complexity index is 1480. The quantitative estimate of drug-likeness (QED) is 0.388. The van der Waals surface area contributed by atoms with Gasteiger partial charge < -0.3 is 20.1 Å². The van der Waals surface area contributed by atoms with Crippen molar-refractivity contribution in [1.29, 1.82) is 0 Å². The number of nitrogens with one attached hydrogen (secondary N) is 1. The van der Waals surface area contributed by atoms with E-state index in [-0.39, 0.29) is 55.3 Å². The number of carboxylic acid groups (broad SMARTS) is 1. The number of rotatable bonds is 10. The summed E-state index contributed by atoms with van der Waals surface area (Å²) >= 11 is 1.27. The third-order valence-corrected chi connectivity index (χ3v) is 9.00. The molecule has 43 heavy (non-hydrogen) atoms. The molecular formula is C29H32F3N5O5S. The first-order valence-electron chi connectivity index (χ1n) is 14.0. The zero-order chi connectivity index (χ0) is 31.1. The fourth-order valence-corrected chi connectivity index (χ4v) is 6.57. The van der Waals surface area contributed by atoms with Gasteiger partial charge in [0.15, 0.2) is 10.8 Å². The molecule has 2 saturated heterocycles. The second kappa shape index (κ2) is 12.1. The number of fused-ring (bicyclic) bond motifs is 1. The SMILES string of the molecule is CCOC(=O)C1=C(CN2CC(F)(F)[C@@H]3CN(C[C@@H](CC)C(=O)O)C(=O)C32)NC(c2nccs2)=N[C@H]1c1cccc(F)c1C. The Balaban J connectivity index is 1.56. The van der Waals surface area contributed by atoms with Crippen LogP contribution in [0.1, 0.15) is 42.4 Å². The lowest BCUT2D eigenvalue weighted by molar-refractivity contribution is -0.143. The highest BCUT2D eigenvalue weighted by Gasteiger charge is 2.62. The number of alkyl halides is 2. The average Bonchev–Trinajstić information content (AvgIpc) is 3.66. The number of amides is 1. The molecule has 1 unspecified atom stereocenters. The number of benzene rings is 1. The lowest BCUT2D eigenvalue weighted by Gasteiger charge is -2.31. The van der Waals surface area contributed by atoms with E-state index >= 15 is 8.78 Å². The van der Waals surface area contributed by atoms with Crippen molar-refractivity contribution in [2.75, 3.05) is 32.8 Å². The molecule has 3 aliphatic heterocycles. The number of amidine groups is 1. The van der Waals surface area contributed by atoms with E-state index in [2.05, 4.69) is 10.3 Å². The van der Waals surface area contributed by atoms with Crippen LogP contribution in [0.4, 0.5) is 13.2 Å². The van der Waals surface area contributed by atoms with Crippen molar-refractivity contribution in [3.05, 3.63) is 63.0 Å². The number of esters is 1. The van der Waals surface area contributed by atoms with Crippen LogP contribution < -0.4 is 5.32 Å². The highest BCUT2D eigenvalue weighted by Crippen LogP contribution is 2.44. The Labute approximate surface area is 250 Å². The first-order chi connectivity index (χ1) is 20.5. The maximum absolute atomic E-state index is 15.4. The first kappa shape index (κ1) is 30.7. The number of hydrogen-bond donors (Lipinski definition) is 2. The fraction of sp³-hybridized carbons (Fsp3) is 0.483. The largest absolute Gasteiger partial charge is 0.481 e. The van der Waals surface area contributed by atoms with Crippen molar-refractivity contribution in [2.24, 2.45) is 16.8 Å². The number of carbonyl (C=O) groups excluding carboxylic acids is 2. The zero-order valence-corrected chi connectivity index (χ0v) is 24.7. The Morgan fingerprint density at radius 1 is 1.30 bits per heavy atom. The summed E-state index contributed by atoms with van der Waals surface area (Å²) in [6.45, 7) is 3.42. The molecule has 2 aromatic rings. The van der Waals surface area contributed by atoms with Crippen LogP contribution in [0.5, 0.6) is 0 Å². The number of halogens is 3. The number of ether oxygens (including phenoxy) is 1. The highest BCUT2D eigenvalue weighted by molar-refractivity contribution is 7.11. The summed E-state index contributed by atoms with van der Waals surface area (Å²) in [5.41, 5.74) is 0.855. The maximum atomic E-state index is 15.4. The standard InChI is InChI=1S/C29H32F3N5O5S/c1-4-16(27(39)40)11-36-12-18-23(26(36)38)37(14-29(18,31)32)13-20-21(28(41)42-5-2)22(17-7-6-8-19(30)15(17)3)35-24(34-20)25-33-9-10-43-25/h6-10,16,18,22-23H,4-5,11-14H2,1-3H3,(H,34,35)(H,39,40)/t16-,18-,22+,23?/m1/s1. The molecule has 2 N–H and O–H groups in total. The van der Waals surface area contributed by atoms with Gasteiger partial charge in [0.1, 0.15) is 17.9 Å². The average molecular weight is 620 g/mol. The van der Waals surface area contributed by atoms with Crippen LogP contribution in [0.25, 0.3) is 0 Å². The number of carbonyl (C=O) groups is 3.